The molecule has 0 N–H and O–H groups in total. The van der Waals surface area contributed by atoms with Crippen molar-refractivity contribution in [1.29, 1.82) is 0 Å². The van der Waals surface area contributed by atoms with Gasteiger partial charge in [-0.1, -0.05) is 56.7 Å². The Morgan fingerprint density at radius 2 is 1.84 bits per heavy atom. The minimum absolute atomic E-state index is 0.0992. The summed E-state index contributed by atoms with van der Waals surface area (Å²) in [7, 11) is 1.64. The molecule has 0 radical (unpaired) electrons. The second-order valence-electron chi connectivity index (χ2n) is 10.0. The summed E-state index contributed by atoms with van der Waals surface area (Å²) in [6.07, 6.45) is 9.84. The summed E-state index contributed by atoms with van der Waals surface area (Å²) < 4.78 is 17.3. The molecule has 1 aliphatic rings. The van der Waals surface area contributed by atoms with Gasteiger partial charge >= 0.3 is 0 Å². The molecule has 32 heavy (non-hydrogen) atoms. The fourth-order valence-corrected chi connectivity index (χ4v) is 4.53. The van der Waals surface area contributed by atoms with Crippen molar-refractivity contribution in [1.82, 2.24) is 0 Å². The van der Waals surface area contributed by atoms with Crippen molar-refractivity contribution in [3.8, 4) is 0 Å². The average molecular weight is 447 g/mol. The molecule has 0 aromatic heterocycles. The highest BCUT2D eigenvalue weighted by molar-refractivity contribution is 5.98. The molecule has 0 spiro atoms. The van der Waals surface area contributed by atoms with Gasteiger partial charge < -0.3 is 14.2 Å². The predicted molar refractivity (Wildman–Crippen MR) is 133 cm³/mol. The number of hydrogen-bond acceptors (Lipinski definition) is 4. The van der Waals surface area contributed by atoms with E-state index in [2.05, 4.69) is 53.3 Å². The third-order valence-corrected chi connectivity index (χ3v) is 6.33. The maximum Gasteiger partial charge on any atom is 0.165 e. The summed E-state index contributed by atoms with van der Waals surface area (Å²) >= 11 is 0. The Labute approximate surface area is 196 Å². The molecule has 4 heteroatoms. The summed E-state index contributed by atoms with van der Waals surface area (Å²) in [5.41, 5.74) is 3.09. The lowest BCUT2D eigenvalue weighted by atomic mass is 9.59. The number of carbonyl (C=O) groups excluding carboxylic acids is 1. The van der Waals surface area contributed by atoms with Gasteiger partial charge in [-0.25, -0.2) is 0 Å². The molecule has 0 unspecified atom stereocenters. The topological polar surface area (TPSA) is 44.8 Å². The Kier molecular flexibility index (Phi) is 12.2. The highest BCUT2D eigenvalue weighted by Gasteiger charge is 2.48. The van der Waals surface area contributed by atoms with Crippen molar-refractivity contribution in [2.24, 2.45) is 23.2 Å². The number of ether oxygens (including phenoxy) is 3. The molecule has 0 saturated carbocycles. The van der Waals surface area contributed by atoms with E-state index in [0.717, 1.165) is 37.0 Å². The highest BCUT2D eigenvalue weighted by atomic mass is 16.7. The first-order valence-electron chi connectivity index (χ1n) is 11.9. The van der Waals surface area contributed by atoms with E-state index < -0.39 is 0 Å². The maximum absolute atomic E-state index is 13.7. The standard InChI is InChI=1S/C28H46O4/c1-10-16-32-27-23(14-13-21(4)5)17-24(18-31-19-30-9)28(8,15-11-12-20(2)3)25(27)26(29)22(6)7/h10,12-13,22-24H,1,11,14-19H2,2-9H3/t23-,24-,28-/m0/s1. The minimum Gasteiger partial charge on any atom is -0.493 e. The molecular formula is C28H46O4. The van der Waals surface area contributed by atoms with Crippen molar-refractivity contribution >= 4 is 5.78 Å². The van der Waals surface area contributed by atoms with E-state index in [0.29, 0.717) is 13.2 Å². The second kappa shape index (κ2) is 13.8. The monoisotopic (exact) mass is 446 g/mol. The average Bonchev–Trinajstić information content (AvgIpc) is 2.71. The molecule has 4 nitrogen and oxygen atoms in total. The van der Waals surface area contributed by atoms with Crippen molar-refractivity contribution in [3.05, 3.63) is 47.3 Å². The lowest BCUT2D eigenvalue weighted by molar-refractivity contribution is -0.121. The van der Waals surface area contributed by atoms with Crippen LogP contribution in [0.4, 0.5) is 0 Å². The van der Waals surface area contributed by atoms with Gasteiger partial charge in [0.2, 0.25) is 0 Å². The smallest absolute Gasteiger partial charge is 0.165 e. The summed E-state index contributed by atoms with van der Waals surface area (Å²) in [6.45, 7) is 19.7. The third kappa shape index (κ3) is 8.04. The van der Waals surface area contributed by atoms with E-state index in [-0.39, 0.29) is 35.7 Å². The molecule has 0 aliphatic heterocycles. The summed E-state index contributed by atoms with van der Waals surface area (Å²) in [5.74, 6) is 1.30. The van der Waals surface area contributed by atoms with Gasteiger partial charge in [0.1, 0.15) is 19.2 Å². The normalized spacial score (nSPS) is 23.2. The van der Waals surface area contributed by atoms with Crippen LogP contribution >= 0.6 is 0 Å². The van der Waals surface area contributed by atoms with Crippen LogP contribution in [0.3, 0.4) is 0 Å². The molecule has 1 aliphatic carbocycles. The van der Waals surface area contributed by atoms with Crippen molar-refractivity contribution < 1.29 is 19.0 Å². The largest absolute Gasteiger partial charge is 0.493 e. The zero-order valence-electron chi connectivity index (χ0n) is 21.8. The fourth-order valence-electron chi connectivity index (χ4n) is 4.53. The molecule has 0 heterocycles. The minimum atomic E-state index is -0.334. The van der Waals surface area contributed by atoms with Gasteiger partial charge in [0.05, 0.1) is 6.61 Å². The molecule has 0 amide bonds. The van der Waals surface area contributed by atoms with Gasteiger partial charge in [-0.2, -0.15) is 0 Å². The van der Waals surface area contributed by atoms with Gasteiger partial charge in [-0.05, 0) is 59.3 Å². The van der Waals surface area contributed by atoms with Crippen LogP contribution in [0.25, 0.3) is 0 Å². The first kappa shape index (κ1) is 28.4. The molecule has 0 saturated heterocycles. The van der Waals surface area contributed by atoms with E-state index in [1.165, 1.54) is 11.1 Å². The molecule has 0 aromatic carbocycles. The summed E-state index contributed by atoms with van der Waals surface area (Å²) in [6, 6.07) is 0. The fraction of sp³-hybridized carbons (Fsp3) is 0.679. The van der Waals surface area contributed by atoms with Crippen LogP contribution in [0.2, 0.25) is 0 Å². The Balaban J connectivity index is 3.63. The second-order valence-corrected chi connectivity index (χ2v) is 10.0. The van der Waals surface area contributed by atoms with Crippen LogP contribution in [0, 0.1) is 23.2 Å². The molecular weight excluding hydrogens is 400 g/mol. The van der Waals surface area contributed by atoms with E-state index >= 15 is 0 Å². The summed E-state index contributed by atoms with van der Waals surface area (Å²) in [4.78, 5) is 13.7. The van der Waals surface area contributed by atoms with Gasteiger partial charge in [-0.3, -0.25) is 4.79 Å². The number of methoxy groups -OCH3 is 1. The van der Waals surface area contributed by atoms with Crippen LogP contribution in [-0.4, -0.2) is 32.9 Å². The van der Waals surface area contributed by atoms with Crippen LogP contribution in [0.15, 0.2) is 47.3 Å². The van der Waals surface area contributed by atoms with E-state index in [1.54, 1.807) is 13.2 Å². The molecule has 182 valence electrons. The molecule has 0 fully saturated rings. The summed E-state index contributed by atoms with van der Waals surface area (Å²) in [5, 5.41) is 0. The number of allylic oxidation sites excluding steroid dienone is 6. The van der Waals surface area contributed by atoms with Gasteiger partial charge in [0.15, 0.2) is 5.78 Å². The first-order chi connectivity index (χ1) is 15.1. The zero-order valence-corrected chi connectivity index (χ0v) is 21.8. The van der Waals surface area contributed by atoms with Crippen LogP contribution in [0.5, 0.6) is 0 Å². The molecule has 0 aromatic rings. The Morgan fingerprint density at radius 3 is 2.38 bits per heavy atom. The highest BCUT2D eigenvalue weighted by Crippen LogP contribution is 2.52. The van der Waals surface area contributed by atoms with E-state index in [1.807, 2.05) is 13.8 Å². The van der Waals surface area contributed by atoms with E-state index in [9.17, 15) is 4.79 Å². The maximum atomic E-state index is 13.7. The van der Waals surface area contributed by atoms with Gasteiger partial charge in [0, 0.05) is 29.9 Å². The Morgan fingerprint density at radius 1 is 1.19 bits per heavy atom. The molecule has 1 rings (SSSR count). The van der Waals surface area contributed by atoms with Gasteiger partial charge in [0.25, 0.3) is 0 Å². The van der Waals surface area contributed by atoms with Crippen LogP contribution < -0.4 is 0 Å². The van der Waals surface area contributed by atoms with Crippen molar-refractivity contribution in [2.75, 3.05) is 27.1 Å². The van der Waals surface area contributed by atoms with E-state index in [4.69, 9.17) is 14.2 Å². The van der Waals surface area contributed by atoms with Gasteiger partial charge in [-0.15, -0.1) is 0 Å². The number of hydrogen-bond donors (Lipinski definition) is 0. The first-order valence-corrected chi connectivity index (χ1v) is 11.9. The SMILES string of the molecule is C=CCOC1=C(C(=O)C(C)C)[C@@](C)(CCC=C(C)C)[C@H](COCOC)C[C@@H]1CC=C(C)C. The third-order valence-electron chi connectivity index (χ3n) is 6.33. The Bertz CT molecular complexity index is 705. The molecule has 0 bridgehead atoms. The Hall–Kier alpha value is -1.65. The lowest BCUT2D eigenvalue weighted by Crippen LogP contribution is -2.43. The lowest BCUT2D eigenvalue weighted by Gasteiger charge is -2.46. The zero-order chi connectivity index (χ0) is 24.3. The quantitative estimate of drug-likeness (QED) is 0.163. The van der Waals surface area contributed by atoms with Crippen LogP contribution in [0.1, 0.15) is 74.1 Å². The number of Topliss-reactive ketones (excluding diaryl/α,β-unsaturated/α-hetero) is 1. The molecule has 3 atom stereocenters. The van der Waals surface area contributed by atoms with Crippen molar-refractivity contribution in [2.45, 2.75) is 74.1 Å². The van der Waals surface area contributed by atoms with Crippen molar-refractivity contribution in [3.63, 3.8) is 0 Å². The number of ketones is 1. The van der Waals surface area contributed by atoms with Crippen LogP contribution in [-0.2, 0) is 19.0 Å². The predicted octanol–water partition coefficient (Wildman–Crippen LogP) is 7.03. The number of carbonyl (C=O) groups is 1. The number of rotatable bonds is 14.